The molecule has 5 aromatic rings. The van der Waals surface area contributed by atoms with Crippen LogP contribution in [0.5, 0.6) is 0 Å². The fourth-order valence-electron chi connectivity index (χ4n) is 5.86. The number of imidazole rings is 1. The highest BCUT2D eigenvalue weighted by molar-refractivity contribution is 5.86. The predicted molar refractivity (Wildman–Crippen MR) is 143 cm³/mol. The first-order chi connectivity index (χ1) is 17.6. The quantitative estimate of drug-likeness (QED) is 0.377. The van der Waals surface area contributed by atoms with Gasteiger partial charge in [-0.05, 0) is 42.2 Å². The summed E-state index contributed by atoms with van der Waals surface area (Å²) >= 11 is 0. The number of aryl methyl sites for hydroxylation is 1. The highest BCUT2D eigenvalue weighted by atomic mass is 16.2. The molecule has 0 spiro atoms. The van der Waals surface area contributed by atoms with Gasteiger partial charge in [-0.1, -0.05) is 60.7 Å². The molecule has 6 nitrogen and oxygen atoms in total. The van der Waals surface area contributed by atoms with E-state index in [1.165, 1.54) is 16.5 Å². The van der Waals surface area contributed by atoms with Gasteiger partial charge in [0.05, 0.1) is 11.0 Å². The molecule has 1 atom stereocenters. The number of rotatable bonds is 5. The van der Waals surface area contributed by atoms with Gasteiger partial charge < -0.3 is 14.5 Å². The lowest BCUT2D eigenvalue weighted by Crippen LogP contribution is -2.41. The van der Waals surface area contributed by atoms with E-state index in [4.69, 9.17) is 0 Å². The second kappa shape index (κ2) is 9.19. The lowest BCUT2D eigenvalue weighted by molar-refractivity contribution is -0.132. The fraction of sp³-hybridized carbons (Fsp3) is 0.267. The largest absolute Gasteiger partial charge is 0.350 e. The third kappa shape index (κ3) is 3.92. The molecule has 3 aromatic carbocycles. The summed E-state index contributed by atoms with van der Waals surface area (Å²) in [7, 11) is 2.06. The van der Waals surface area contributed by atoms with Crippen molar-refractivity contribution in [2.45, 2.75) is 31.2 Å². The second-order valence-corrected chi connectivity index (χ2v) is 9.81. The van der Waals surface area contributed by atoms with Gasteiger partial charge in [-0.15, -0.1) is 0 Å². The fourth-order valence-corrected chi connectivity index (χ4v) is 5.86. The van der Waals surface area contributed by atoms with Crippen LogP contribution in [0.4, 0.5) is 0 Å². The van der Waals surface area contributed by atoms with Crippen molar-refractivity contribution in [2.24, 2.45) is 7.05 Å². The molecule has 36 heavy (non-hydrogen) atoms. The minimum Gasteiger partial charge on any atom is -0.350 e. The van der Waals surface area contributed by atoms with E-state index >= 15 is 0 Å². The highest BCUT2D eigenvalue weighted by Crippen LogP contribution is 2.35. The Labute approximate surface area is 209 Å². The number of benzene rings is 3. The monoisotopic (exact) mass is 478 g/mol. The first-order valence-corrected chi connectivity index (χ1v) is 12.7. The van der Waals surface area contributed by atoms with Crippen molar-refractivity contribution in [1.82, 2.24) is 19.0 Å². The molecule has 1 N–H and O–H groups in total. The summed E-state index contributed by atoms with van der Waals surface area (Å²) in [5.74, 6) is 0.153. The number of piperidine rings is 1. The minimum atomic E-state index is -0.0685. The summed E-state index contributed by atoms with van der Waals surface area (Å²) < 4.78 is 4.02. The van der Waals surface area contributed by atoms with E-state index < -0.39 is 0 Å². The third-order valence-electron chi connectivity index (χ3n) is 7.69. The zero-order valence-electron chi connectivity index (χ0n) is 20.4. The van der Waals surface area contributed by atoms with E-state index in [-0.39, 0.29) is 23.6 Å². The summed E-state index contributed by atoms with van der Waals surface area (Å²) in [6, 6.07) is 26.6. The van der Waals surface area contributed by atoms with Gasteiger partial charge in [0.15, 0.2) is 0 Å². The van der Waals surface area contributed by atoms with Crippen molar-refractivity contribution < 1.29 is 4.79 Å². The van der Waals surface area contributed by atoms with Crippen LogP contribution in [0.15, 0.2) is 89.9 Å². The lowest BCUT2D eigenvalue weighted by atomic mass is 9.87. The van der Waals surface area contributed by atoms with Gasteiger partial charge in [0.25, 0.3) is 0 Å². The van der Waals surface area contributed by atoms with Crippen LogP contribution in [0.3, 0.4) is 0 Å². The van der Waals surface area contributed by atoms with E-state index in [1.54, 1.807) is 0 Å². The maximum Gasteiger partial charge on any atom is 0.326 e. The van der Waals surface area contributed by atoms with Crippen molar-refractivity contribution in [2.75, 3.05) is 13.1 Å². The van der Waals surface area contributed by atoms with E-state index in [0.717, 1.165) is 29.4 Å². The lowest BCUT2D eigenvalue weighted by Gasteiger charge is -2.33. The summed E-state index contributed by atoms with van der Waals surface area (Å²) in [4.78, 5) is 31.2. The Kier molecular flexibility index (Phi) is 5.72. The molecule has 1 aliphatic rings. The molecule has 2 aromatic heterocycles. The molecule has 6 heteroatoms. The van der Waals surface area contributed by atoms with Crippen molar-refractivity contribution >= 4 is 27.8 Å². The summed E-state index contributed by atoms with van der Waals surface area (Å²) in [6.07, 6.45) is 4.15. The summed E-state index contributed by atoms with van der Waals surface area (Å²) in [6.45, 7) is 1.32. The number of para-hydroxylation sites is 3. The third-order valence-corrected chi connectivity index (χ3v) is 7.69. The molecular weight excluding hydrogens is 448 g/mol. The van der Waals surface area contributed by atoms with Crippen LogP contribution in [0.25, 0.3) is 21.9 Å². The van der Waals surface area contributed by atoms with Crippen LogP contribution in [0, 0.1) is 0 Å². The van der Waals surface area contributed by atoms with Crippen molar-refractivity contribution in [3.63, 3.8) is 0 Å². The normalized spacial score (nSPS) is 15.5. The molecule has 1 amide bonds. The van der Waals surface area contributed by atoms with Crippen LogP contribution in [0.1, 0.15) is 42.3 Å². The van der Waals surface area contributed by atoms with Crippen LogP contribution in [-0.4, -0.2) is 38.0 Å². The van der Waals surface area contributed by atoms with Gasteiger partial charge in [-0.2, -0.15) is 0 Å². The first-order valence-electron chi connectivity index (χ1n) is 12.7. The number of nitrogens with zero attached hydrogens (tertiary/aromatic N) is 3. The summed E-state index contributed by atoms with van der Waals surface area (Å²) in [5, 5.41) is 1.19. The molecule has 6 rings (SSSR count). The molecular formula is C30H30N4O2. The number of nitrogens with one attached hydrogen (secondary N) is 1. The number of likely N-dealkylation sites (tertiary alicyclic amines) is 1. The number of carbonyl (C=O) groups is 1. The topological polar surface area (TPSA) is 63.0 Å². The van der Waals surface area contributed by atoms with Gasteiger partial charge >= 0.3 is 5.69 Å². The number of fused-ring (bicyclic) bond motifs is 2. The number of H-pyrrole nitrogens is 1. The highest BCUT2D eigenvalue weighted by Gasteiger charge is 2.29. The average molecular weight is 479 g/mol. The zero-order chi connectivity index (χ0) is 24.6. The van der Waals surface area contributed by atoms with E-state index in [2.05, 4.69) is 59.2 Å². The molecule has 0 saturated carbocycles. The van der Waals surface area contributed by atoms with Crippen LogP contribution in [0.2, 0.25) is 0 Å². The number of aromatic nitrogens is 3. The molecule has 0 aliphatic carbocycles. The Balaban J connectivity index is 1.24. The molecule has 1 saturated heterocycles. The van der Waals surface area contributed by atoms with Crippen molar-refractivity contribution in [3.05, 3.63) is 107 Å². The SMILES string of the molecule is Cn1cc(C(CC(=O)N2CCC(n3c(=O)[nH]c4ccccc43)CC2)c2ccccc2)c2ccccc21. The Hall–Kier alpha value is -4.06. The van der Waals surface area contributed by atoms with Gasteiger partial charge in [0.1, 0.15) is 0 Å². The van der Waals surface area contributed by atoms with Gasteiger partial charge in [0.2, 0.25) is 5.91 Å². The molecule has 0 bridgehead atoms. The summed E-state index contributed by atoms with van der Waals surface area (Å²) in [5.41, 5.74) is 5.25. The number of hydrogen-bond acceptors (Lipinski definition) is 2. The Morgan fingerprint density at radius 2 is 1.58 bits per heavy atom. The number of hydrogen-bond donors (Lipinski definition) is 1. The number of aromatic amines is 1. The molecule has 182 valence electrons. The van der Waals surface area contributed by atoms with Crippen molar-refractivity contribution in [3.8, 4) is 0 Å². The molecule has 1 aliphatic heterocycles. The molecule has 1 unspecified atom stereocenters. The average Bonchev–Trinajstić information content (AvgIpc) is 3.43. The minimum absolute atomic E-state index is 0.0150. The zero-order valence-corrected chi connectivity index (χ0v) is 20.4. The first kappa shape index (κ1) is 22.4. The van der Waals surface area contributed by atoms with Crippen LogP contribution >= 0.6 is 0 Å². The Morgan fingerprint density at radius 1 is 0.917 bits per heavy atom. The van der Waals surface area contributed by atoms with Gasteiger partial charge in [-0.3, -0.25) is 9.36 Å². The molecule has 1 fully saturated rings. The van der Waals surface area contributed by atoms with Crippen molar-refractivity contribution in [1.29, 1.82) is 0 Å². The van der Waals surface area contributed by atoms with E-state index in [9.17, 15) is 9.59 Å². The Bertz CT molecular complexity index is 1590. The number of amides is 1. The maximum atomic E-state index is 13.6. The molecule has 0 radical (unpaired) electrons. The maximum absolute atomic E-state index is 13.6. The van der Waals surface area contributed by atoms with Gasteiger partial charge in [-0.25, -0.2) is 4.79 Å². The number of carbonyl (C=O) groups excluding carboxylic acids is 1. The van der Waals surface area contributed by atoms with Crippen LogP contribution < -0.4 is 5.69 Å². The standard InChI is InChI=1S/C30H30N4O2/c1-32-20-25(23-11-5-7-13-27(23)32)24(21-9-3-2-4-10-21)19-29(35)33-17-15-22(16-18-33)34-28-14-8-6-12-26(28)31-30(34)36/h2-14,20,22,24H,15-19H2,1H3,(H,31,36). The van der Waals surface area contributed by atoms with Crippen LogP contribution in [-0.2, 0) is 11.8 Å². The predicted octanol–water partition coefficient (Wildman–Crippen LogP) is 5.21. The smallest absolute Gasteiger partial charge is 0.326 e. The second-order valence-electron chi connectivity index (χ2n) is 9.81. The van der Waals surface area contributed by atoms with E-state index in [0.29, 0.717) is 19.5 Å². The Morgan fingerprint density at radius 3 is 2.36 bits per heavy atom. The van der Waals surface area contributed by atoms with Gasteiger partial charge in [0, 0.05) is 55.6 Å². The van der Waals surface area contributed by atoms with E-state index in [1.807, 2.05) is 51.9 Å². The molecule has 3 heterocycles.